The third-order valence-electron chi connectivity index (χ3n) is 2.96. The minimum Gasteiger partial charge on any atom is -0.393 e. The van der Waals surface area contributed by atoms with E-state index in [1.54, 1.807) is 0 Å². The number of rotatable bonds is 3. The van der Waals surface area contributed by atoms with Crippen LogP contribution < -0.4 is 5.32 Å². The third-order valence-corrected chi connectivity index (χ3v) is 2.96. The summed E-state index contributed by atoms with van der Waals surface area (Å²) in [5.41, 5.74) is 4.05. The van der Waals surface area contributed by atoms with Gasteiger partial charge in [0.2, 0.25) is 0 Å². The number of hydrogen-bond acceptors (Lipinski definition) is 2. The number of aliphatic hydroxyl groups is 1. The molecule has 2 N–H and O–H groups in total. The second-order valence-corrected chi connectivity index (χ2v) is 4.41. The standard InChI is InChI=1S/C13H19NO/c1-10(15)4-5-11-6-7-12-3-2-8-14-13(12)9-11/h6-7,9-10,14-15H,2-5,8H2,1H3. The highest BCUT2D eigenvalue weighted by Gasteiger charge is 2.08. The molecule has 0 saturated heterocycles. The Morgan fingerprint density at radius 1 is 1.47 bits per heavy atom. The molecular formula is C13H19NO. The Morgan fingerprint density at radius 3 is 3.13 bits per heavy atom. The molecule has 0 fully saturated rings. The molecule has 2 rings (SSSR count). The minimum atomic E-state index is -0.200. The normalized spacial score (nSPS) is 16.7. The van der Waals surface area contributed by atoms with Crippen molar-refractivity contribution in [3.8, 4) is 0 Å². The molecule has 0 aromatic heterocycles. The number of hydrogen-bond donors (Lipinski definition) is 2. The van der Waals surface area contributed by atoms with E-state index in [1.165, 1.54) is 29.7 Å². The molecule has 1 heterocycles. The first-order valence-electron chi connectivity index (χ1n) is 5.79. The lowest BCUT2D eigenvalue weighted by molar-refractivity contribution is 0.185. The van der Waals surface area contributed by atoms with Gasteiger partial charge in [-0.1, -0.05) is 12.1 Å². The van der Waals surface area contributed by atoms with Crippen molar-refractivity contribution in [3.05, 3.63) is 29.3 Å². The van der Waals surface area contributed by atoms with Gasteiger partial charge >= 0.3 is 0 Å². The summed E-state index contributed by atoms with van der Waals surface area (Å²) < 4.78 is 0. The van der Waals surface area contributed by atoms with Crippen LogP contribution >= 0.6 is 0 Å². The highest BCUT2D eigenvalue weighted by molar-refractivity contribution is 5.54. The van der Waals surface area contributed by atoms with Crippen molar-refractivity contribution in [1.29, 1.82) is 0 Å². The summed E-state index contributed by atoms with van der Waals surface area (Å²) in [6, 6.07) is 6.64. The van der Waals surface area contributed by atoms with Crippen LogP contribution in [0.15, 0.2) is 18.2 Å². The van der Waals surface area contributed by atoms with Crippen LogP contribution in [0.25, 0.3) is 0 Å². The second kappa shape index (κ2) is 4.67. The van der Waals surface area contributed by atoms with Gasteiger partial charge < -0.3 is 10.4 Å². The molecule has 0 bridgehead atoms. The van der Waals surface area contributed by atoms with Crippen LogP contribution in [-0.2, 0) is 12.8 Å². The van der Waals surface area contributed by atoms with E-state index < -0.39 is 0 Å². The van der Waals surface area contributed by atoms with Crippen molar-refractivity contribution in [1.82, 2.24) is 0 Å². The Bertz CT molecular complexity index is 333. The number of fused-ring (bicyclic) bond motifs is 1. The monoisotopic (exact) mass is 205 g/mol. The summed E-state index contributed by atoms with van der Waals surface area (Å²) >= 11 is 0. The summed E-state index contributed by atoms with van der Waals surface area (Å²) in [6.45, 7) is 2.93. The van der Waals surface area contributed by atoms with Gasteiger partial charge in [-0.25, -0.2) is 0 Å². The number of benzene rings is 1. The first-order chi connectivity index (χ1) is 7.25. The van der Waals surface area contributed by atoms with Crippen molar-refractivity contribution in [3.63, 3.8) is 0 Å². The van der Waals surface area contributed by atoms with Gasteiger partial charge in [0, 0.05) is 12.2 Å². The lowest BCUT2D eigenvalue weighted by Crippen LogP contribution is -2.12. The Kier molecular flexibility index (Phi) is 3.27. The zero-order valence-corrected chi connectivity index (χ0v) is 9.29. The fourth-order valence-corrected chi connectivity index (χ4v) is 2.04. The molecular weight excluding hydrogens is 186 g/mol. The average Bonchev–Trinajstić information content (AvgIpc) is 2.26. The van der Waals surface area contributed by atoms with Crippen LogP contribution in [0.1, 0.15) is 30.9 Å². The number of aliphatic hydroxyl groups excluding tert-OH is 1. The molecule has 2 nitrogen and oxygen atoms in total. The summed E-state index contributed by atoms with van der Waals surface area (Å²) in [7, 11) is 0. The SMILES string of the molecule is CC(O)CCc1ccc2c(c1)NCCC2. The molecule has 1 aliphatic rings. The van der Waals surface area contributed by atoms with Crippen LogP contribution in [0.2, 0.25) is 0 Å². The van der Waals surface area contributed by atoms with Gasteiger partial charge in [0.25, 0.3) is 0 Å². The summed E-state index contributed by atoms with van der Waals surface area (Å²) in [5.74, 6) is 0. The molecule has 1 aromatic carbocycles. The highest BCUT2D eigenvalue weighted by atomic mass is 16.3. The second-order valence-electron chi connectivity index (χ2n) is 4.41. The van der Waals surface area contributed by atoms with Crippen molar-refractivity contribution in [2.24, 2.45) is 0 Å². The average molecular weight is 205 g/mol. The summed E-state index contributed by atoms with van der Waals surface area (Å²) in [4.78, 5) is 0. The lowest BCUT2D eigenvalue weighted by Gasteiger charge is -2.18. The summed E-state index contributed by atoms with van der Waals surface area (Å²) in [6.07, 6.45) is 4.04. The third kappa shape index (κ3) is 2.72. The quantitative estimate of drug-likeness (QED) is 0.794. The molecule has 0 radical (unpaired) electrons. The maximum Gasteiger partial charge on any atom is 0.0515 e. The Balaban J connectivity index is 2.07. The molecule has 2 heteroatoms. The number of nitrogens with one attached hydrogen (secondary N) is 1. The number of anilines is 1. The zero-order valence-electron chi connectivity index (χ0n) is 9.29. The Morgan fingerprint density at radius 2 is 2.33 bits per heavy atom. The van der Waals surface area contributed by atoms with Gasteiger partial charge in [0.15, 0.2) is 0 Å². The molecule has 0 amide bonds. The van der Waals surface area contributed by atoms with Crippen LogP contribution in [0.4, 0.5) is 5.69 Å². The molecule has 1 aromatic rings. The predicted octanol–water partition coefficient (Wildman–Crippen LogP) is 2.36. The topological polar surface area (TPSA) is 32.3 Å². The molecule has 0 saturated carbocycles. The van der Waals surface area contributed by atoms with E-state index in [-0.39, 0.29) is 6.10 Å². The van der Waals surface area contributed by atoms with Crippen molar-refractivity contribution >= 4 is 5.69 Å². The molecule has 15 heavy (non-hydrogen) atoms. The smallest absolute Gasteiger partial charge is 0.0515 e. The fourth-order valence-electron chi connectivity index (χ4n) is 2.04. The van der Waals surface area contributed by atoms with Crippen LogP contribution in [-0.4, -0.2) is 17.8 Å². The van der Waals surface area contributed by atoms with Crippen LogP contribution in [0.3, 0.4) is 0 Å². The molecule has 0 aliphatic carbocycles. The van der Waals surface area contributed by atoms with Crippen LogP contribution in [0, 0.1) is 0 Å². The maximum atomic E-state index is 9.24. The maximum absolute atomic E-state index is 9.24. The summed E-state index contributed by atoms with van der Waals surface area (Å²) in [5, 5.41) is 12.7. The van der Waals surface area contributed by atoms with E-state index in [0.29, 0.717) is 0 Å². The Labute approximate surface area is 91.3 Å². The largest absolute Gasteiger partial charge is 0.393 e. The van der Waals surface area contributed by atoms with Gasteiger partial charge in [-0.3, -0.25) is 0 Å². The van der Waals surface area contributed by atoms with Gasteiger partial charge in [-0.15, -0.1) is 0 Å². The molecule has 1 atom stereocenters. The van der Waals surface area contributed by atoms with E-state index in [2.05, 4.69) is 23.5 Å². The van der Waals surface area contributed by atoms with Crippen LogP contribution in [0.5, 0.6) is 0 Å². The number of aryl methyl sites for hydroxylation is 2. The molecule has 82 valence electrons. The lowest BCUT2D eigenvalue weighted by atomic mass is 9.99. The van der Waals surface area contributed by atoms with E-state index in [4.69, 9.17) is 0 Å². The molecule has 1 aliphatic heterocycles. The predicted molar refractivity (Wildman–Crippen MR) is 63.3 cm³/mol. The highest BCUT2D eigenvalue weighted by Crippen LogP contribution is 2.23. The van der Waals surface area contributed by atoms with E-state index in [9.17, 15) is 5.11 Å². The van der Waals surface area contributed by atoms with Gasteiger partial charge in [0.05, 0.1) is 6.10 Å². The minimum absolute atomic E-state index is 0.200. The zero-order chi connectivity index (χ0) is 10.7. The van der Waals surface area contributed by atoms with E-state index in [0.717, 1.165) is 19.4 Å². The van der Waals surface area contributed by atoms with E-state index >= 15 is 0 Å². The molecule has 0 spiro atoms. The van der Waals surface area contributed by atoms with Gasteiger partial charge in [0.1, 0.15) is 0 Å². The Hall–Kier alpha value is -1.02. The van der Waals surface area contributed by atoms with Gasteiger partial charge in [-0.2, -0.15) is 0 Å². The van der Waals surface area contributed by atoms with Crippen molar-refractivity contribution < 1.29 is 5.11 Å². The van der Waals surface area contributed by atoms with Crippen molar-refractivity contribution in [2.45, 2.75) is 38.7 Å². The first kappa shape index (κ1) is 10.5. The van der Waals surface area contributed by atoms with Gasteiger partial charge in [-0.05, 0) is 49.8 Å². The molecule has 1 unspecified atom stereocenters. The van der Waals surface area contributed by atoms with Crippen molar-refractivity contribution in [2.75, 3.05) is 11.9 Å². The first-order valence-corrected chi connectivity index (χ1v) is 5.79. The van der Waals surface area contributed by atoms with E-state index in [1.807, 2.05) is 6.92 Å². The fraction of sp³-hybridized carbons (Fsp3) is 0.538.